The molecule has 3 heterocycles. The highest BCUT2D eigenvalue weighted by Crippen LogP contribution is 2.37. The van der Waals surface area contributed by atoms with Gasteiger partial charge in [-0.1, -0.05) is 42.5 Å². The van der Waals surface area contributed by atoms with E-state index in [9.17, 15) is 14.0 Å². The van der Waals surface area contributed by atoms with E-state index in [1.54, 1.807) is 59.3 Å². The Kier molecular flexibility index (Phi) is 8.57. The molecule has 0 fully saturated rings. The highest BCUT2D eigenvalue weighted by atomic mass is 19.1. The number of aromatic nitrogens is 4. The number of fused-ring (bicyclic) bond motifs is 2. The second-order valence-electron chi connectivity index (χ2n) is 11.1. The van der Waals surface area contributed by atoms with Crippen LogP contribution in [0.1, 0.15) is 10.4 Å². The summed E-state index contributed by atoms with van der Waals surface area (Å²) in [6, 6.07) is 23.4. The number of hydrogen-bond donors (Lipinski definition) is 1. The van der Waals surface area contributed by atoms with Crippen LogP contribution in [0.4, 0.5) is 20.3 Å². The van der Waals surface area contributed by atoms with Crippen LogP contribution in [0.3, 0.4) is 0 Å². The summed E-state index contributed by atoms with van der Waals surface area (Å²) in [6.45, 7) is -0.0878. The third-order valence-corrected chi connectivity index (χ3v) is 8.07. The maximum absolute atomic E-state index is 15.6. The number of carbonyl (C=O) groups is 1. The van der Waals surface area contributed by atoms with E-state index >= 15 is 4.39 Å². The minimum absolute atomic E-state index is 0.0878. The summed E-state index contributed by atoms with van der Waals surface area (Å²) in [5.74, 6) is -0.351. The van der Waals surface area contributed by atoms with E-state index in [2.05, 4.69) is 20.3 Å². The molecule has 0 saturated carbocycles. The number of nitrogens with one attached hydrogen (secondary N) is 1. The van der Waals surface area contributed by atoms with Crippen LogP contribution >= 0.6 is 0 Å². The lowest BCUT2D eigenvalue weighted by Crippen LogP contribution is -2.18. The van der Waals surface area contributed by atoms with E-state index in [0.29, 0.717) is 39.0 Å². The van der Waals surface area contributed by atoms with Gasteiger partial charge in [-0.3, -0.25) is 9.59 Å². The summed E-state index contributed by atoms with van der Waals surface area (Å²) in [6.07, 6.45) is 4.36. The Morgan fingerprint density at radius 2 is 1.60 bits per heavy atom. The molecule has 0 unspecified atom stereocenters. The van der Waals surface area contributed by atoms with Crippen molar-refractivity contribution in [2.75, 3.05) is 19.5 Å². The number of nitrogens with zero attached hydrogens (tertiary/aromatic N) is 4. The molecule has 0 spiro atoms. The summed E-state index contributed by atoms with van der Waals surface area (Å²) in [5, 5.41) is 3.69. The molecule has 0 atom stereocenters. The maximum atomic E-state index is 15.6. The van der Waals surface area contributed by atoms with E-state index in [0.717, 1.165) is 0 Å². The van der Waals surface area contributed by atoms with Gasteiger partial charge in [0.15, 0.2) is 28.8 Å². The minimum atomic E-state index is -0.722. The quantitative estimate of drug-likeness (QED) is 0.146. The lowest BCUT2D eigenvalue weighted by molar-refractivity contribution is 0.0973. The molecule has 4 aromatic carbocycles. The van der Waals surface area contributed by atoms with Crippen LogP contribution in [-0.4, -0.2) is 39.5 Å². The smallest absolute Gasteiger partial charge is 0.230 e. The Morgan fingerprint density at radius 3 is 2.34 bits per heavy atom. The predicted molar refractivity (Wildman–Crippen MR) is 185 cm³/mol. The third kappa shape index (κ3) is 6.17. The largest absolute Gasteiger partial charge is 0.493 e. The van der Waals surface area contributed by atoms with Crippen molar-refractivity contribution < 1.29 is 27.8 Å². The number of hydrogen-bond acceptors (Lipinski definition) is 9. The molecule has 0 aliphatic rings. The van der Waals surface area contributed by atoms with E-state index in [-0.39, 0.29) is 46.4 Å². The molecular formula is C38H27F2N5O5. The lowest BCUT2D eigenvalue weighted by atomic mass is 10.0. The summed E-state index contributed by atoms with van der Waals surface area (Å²) in [7, 11) is 3.00. The fourth-order valence-corrected chi connectivity index (χ4v) is 5.61. The van der Waals surface area contributed by atoms with Gasteiger partial charge in [-0.15, -0.1) is 0 Å². The van der Waals surface area contributed by atoms with E-state index in [4.69, 9.17) is 14.2 Å². The predicted octanol–water partition coefficient (Wildman–Crippen LogP) is 7.72. The van der Waals surface area contributed by atoms with Gasteiger partial charge in [-0.25, -0.2) is 23.7 Å². The van der Waals surface area contributed by atoms with Gasteiger partial charge in [0.1, 0.15) is 18.0 Å². The molecule has 0 saturated heterocycles. The van der Waals surface area contributed by atoms with Crippen LogP contribution in [0.5, 0.6) is 23.1 Å². The van der Waals surface area contributed by atoms with Gasteiger partial charge in [0.2, 0.25) is 11.3 Å². The number of Topliss-reactive ketones (excluding diaryl/α,β-unsaturated/α-hetero) is 1. The first-order valence-electron chi connectivity index (χ1n) is 15.3. The molecule has 0 amide bonds. The summed E-state index contributed by atoms with van der Waals surface area (Å²) in [4.78, 5) is 40.2. The number of carbonyl (C=O) groups excluding carboxylic acids is 1. The molecule has 0 radical (unpaired) electrons. The molecule has 7 aromatic rings. The van der Waals surface area contributed by atoms with Crippen molar-refractivity contribution in [3.05, 3.63) is 137 Å². The van der Waals surface area contributed by atoms with Gasteiger partial charge in [0.05, 0.1) is 42.6 Å². The van der Waals surface area contributed by atoms with Crippen LogP contribution < -0.4 is 25.0 Å². The van der Waals surface area contributed by atoms with Gasteiger partial charge >= 0.3 is 0 Å². The van der Waals surface area contributed by atoms with Crippen molar-refractivity contribution in [3.63, 3.8) is 0 Å². The molecule has 3 aromatic heterocycles. The first-order valence-corrected chi connectivity index (χ1v) is 15.3. The van der Waals surface area contributed by atoms with Crippen LogP contribution in [0.25, 0.3) is 32.9 Å². The number of methoxy groups -OCH3 is 2. The summed E-state index contributed by atoms with van der Waals surface area (Å²) >= 11 is 0. The molecule has 1 N–H and O–H groups in total. The highest BCUT2D eigenvalue weighted by Gasteiger charge is 2.19. The number of pyridine rings is 2. The van der Waals surface area contributed by atoms with E-state index in [1.807, 2.05) is 6.07 Å². The molecule has 50 heavy (non-hydrogen) atoms. The van der Waals surface area contributed by atoms with Crippen molar-refractivity contribution in [3.8, 4) is 34.3 Å². The monoisotopic (exact) mass is 671 g/mol. The van der Waals surface area contributed by atoms with Gasteiger partial charge in [0.25, 0.3) is 0 Å². The van der Waals surface area contributed by atoms with Crippen molar-refractivity contribution in [2.24, 2.45) is 0 Å². The number of benzene rings is 4. The topological polar surface area (TPSA) is 117 Å². The van der Waals surface area contributed by atoms with E-state index in [1.165, 1.54) is 63.1 Å². The summed E-state index contributed by atoms with van der Waals surface area (Å²) < 4.78 is 47.7. The third-order valence-electron chi connectivity index (χ3n) is 8.07. The van der Waals surface area contributed by atoms with Crippen molar-refractivity contribution >= 4 is 39.1 Å². The Balaban J connectivity index is 1.26. The van der Waals surface area contributed by atoms with Crippen LogP contribution in [0.2, 0.25) is 0 Å². The second kappa shape index (κ2) is 13.4. The van der Waals surface area contributed by atoms with Gasteiger partial charge in [-0.2, -0.15) is 0 Å². The molecule has 10 nitrogen and oxygen atoms in total. The number of rotatable bonds is 10. The van der Waals surface area contributed by atoms with Crippen molar-refractivity contribution in [2.45, 2.75) is 6.54 Å². The molecule has 0 aliphatic heterocycles. The van der Waals surface area contributed by atoms with Crippen molar-refractivity contribution in [1.29, 1.82) is 0 Å². The second-order valence-corrected chi connectivity index (χ2v) is 11.1. The lowest BCUT2D eigenvalue weighted by Gasteiger charge is -2.16. The molecule has 0 bridgehead atoms. The maximum Gasteiger partial charge on any atom is 0.230 e. The normalized spacial score (nSPS) is 11.0. The van der Waals surface area contributed by atoms with Crippen LogP contribution in [0.15, 0.2) is 115 Å². The number of anilines is 2. The Labute approximate surface area is 283 Å². The number of ether oxygens (including phenoxy) is 3. The zero-order chi connectivity index (χ0) is 34.8. The molecule has 248 valence electrons. The Bertz CT molecular complexity index is 2460. The van der Waals surface area contributed by atoms with Gasteiger partial charge < -0.3 is 24.1 Å². The summed E-state index contributed by atoms with van der Waals surface area (Å²) in [5.41, 5.74) is 1.98. The zero-order valence-electron chi connectivity index (χ0n) is 26.7. The van der Waals surface area contributed by atoms with E-state index < -0.39 is 17.1 Å². The molecule has 0 aliphatic carbocycles. The first-order chi connectivity index (χ1) is 24.3. The fourth-order valence-electron chi connectivity index (χ4n) is 5.61. The highest BCUT2D eigenvalue weighted by molar-refractivity contribution is 5.98. The SMILES string of the molecule is COc1cc2ncnc(Oc3ccc(Nc4nccc5c4c(=O)c(-c4ccc(F)cc4)cn5CC(=O)c4ccccc4)cc3F)c2cc1OC. The van der Waals surface area contributed by atoms with Crippen LogP contribution in [-0.2, 0) is 6.54 Å². The van der Waals surface area contributed by atoms with Crippen molar-refractivity contribution in [1.82, 2.24) is 19.5 Å². The molecular weight excluding hydrogens is 644 g/mol. The standard InChI is InChI=1S/C38H27F2N5O5/c1-48-33-17-26-29(18-34(33)49-2)42-21-43-38(26)50-32-13-12-25(16-28(32)40)44-37-35-30(14-15-41-37)45(20-31(46)23-6-4-3-5-7-23)19-27(36(35)47)22-8-10-24(39)11-9-22/h3-19,21H,20H2,1-2H3,(H,41,44). The number of halogens is 2. The molecule has 7 rings (SSSR count). The Hall–Kier alpha value is -6.69. The minimum Gasteiger partial charge on any atom is -0.493 e. The average molecular weight is 672 g/mol. The van der Waals surface area contributed by atoms with Gasteiger partial charge in [0, 0.05) is 41.3 Å². The Morgan fingerprint density at radius 1 is 0.840 bits per heavy atom. The number of ketones is 1. The fraction of sp³-hybridized carbons (Fsp3) is 0.0789. The zero-order valence-corrected chi connectivity index (χ0v) is 26.7. The average Bonchev–Trinajstić information content (AvgIpc) is 3.14. The first kappa shape index (κ1) is 31.9. The molecule has 12 heteroatoms. The van der Waals surface area contributed by atoms with Crippen LogP contribution in [0, 0.1) is 11.6 Å². The van der Waals surface area contributed by atoms with Gasteiger partial charge in [-0.05, 0) is 42.0 Å².